The van der Waals surface area contributed by atoms with Gasteiger partial charge in [0.2, 0.25) is 0 Å². The summed E-state index contributed by atoms with van der Waals surface area (Å²) in [5.41, 5.74) is 1.11. The monoisotopic (exact) mass is 345 g/mol. The SMILES string of the molecule is CCC(C)[C@]1(O)COCc2c1[nH]c(=O)c1sc(-c3cn[nH]c3)cc21. The van der Waals surface area contributed by atoms with Crippen molar-refractivity contribution in [1.29, 1.82) is 0 Å². The van der Waals surface area contributed by atoms with Gasteiger partial charge in [-0.25, -0.2) is 0 Å². The average Bonchev–Trinajstić information content (AvgIpc) is 3.24. The van der Waals surface area contributed by atoms with Gasteiger partial charge >= 0.3 is 0 Å². The average molecular weight is 345 g/mol. The zero-order chi connectivity index (χ0) is 16.9. The number of aromatic nitrogens is 3. The van der Waals surface area contributed by atoms with Crippen molar-refractivity contribution in [2.24, 2.45) is 5.92 Å². The Labute approximate surface area is 142 Å². The lowest BCUT2D eigenvalue weighted by Crippen LogP contribution is -2.44. The highest BCUT2D eigenvalue weighted by Gasteiger charge is 2.41. The molecule has 0 aliphatic carbocycles. The second-order valence-corrected chi connectivity index (χ2v) is 7.43. The fourth-order valence-electron chi connectivity index (χ4n) is 3.32. The second-order valence-electron chi connectivity index (χ2n) is 6.37. The quantitative estimate of drug-likeness (QED) is 0.681. The van der Waals surface area contributed by atoms with E-state index in [1.807, 2.05) is 19.9 Å². The predicted molar refractivity (Wildman–Crippen MR) is 93.0 cm³/mol. The molecule has 3 aromatic heterocycles. The van der Waals surface area contributed by atoms with Gasteiger partial charge in [-0.3, -0.25) is 9.89 Å². The molecule has 0 saturated heterocycles. The fraction of sp³-hybridized carbons (Fsp3) is 0.412. The first-order chi connectivity index (χ1) is 11.5. The molecule has 0 amide bonds. The Morgan fingerprint density at radius 2 is 2.38 bits per heavy atom. The highest BCUT2D eigenvalue weighted by Crippen LogP contribution is 2.41. The molecule has 3 aromatic rings. The number of pyridine rings is 1. The Balaban J connectivity index is 1.97. The summed E-state index contributed by atoms with van der Waals surface area (Å²) in [4.78, 5) is 16.5. The zero-order valence-electron chi connectivity index (χ0n) is 13.5. The van der Waals surface area contributed by atoms with E-state index in [4.69, 9.17) is 4.74 Å². The Morgan fingerprint density at radius 3 is 3.08 bits per heavy atom. The van der Waals surface area contributed by atoms with Crippen LogP contribution in [-0.2, 0) is 16.9 Å². The maximum absolute atomic E-state index is 12.6. The summed E-state index contributed by atoms with van der Waals surface area (Å²) in [6, 6.07) is 1.99. The van der Waals surface area contributed by atoms with Crippen molar-refractivity contribution in [2.45, 2.75) is 32.5 Å². The number of thiophene rings is 1. The first-order valence-electron chi connectivity index (χ1n) is 8.03. The van der Waals surface area contributed by atoms with E-state index < -0.39 is 5.60 Å². The van der Waals surface area contributed by atoms with E-state index in [0.29, 0.717) is 17.0 Å². The van der Waals surface area contributed by atoms with Gasteiger partial charge < -0.3 is 14.8 Å². The molecule has 0 aromatic carbocycles. The maximum atomic E-state index is 12.6. The van der Waals surface area contributed by atoms with Gasteiger partial charge in [-0.15, -0.1) is 11.3 Å². The summed E-state index contributed by atoms with van der Waals surface area (Å²) >= 11 is 1.43. The molecule has 4 heterocycles. The Kier molecular flexibility index (Phi) is 3.59. The number of hydrogen-bond acceptors (Lipinski definition) is 5. The van der Waals surface area contributed by atoms with E-state index >= 15 is 0 Å². The summed E-state index contributed by atoms with van der Waals surface area (Å²) in [6.07, 6.45) is 4.33. The van der Waals surface area contributed by atoms with Gasteiger partial charge in [0, 0.05) is 27.6 Å². The van der Waals surface area contributed by atoms with Crippen LogP contribution in [0.4, 0.5) is 0 Å². The van der Waals surface area contributed by atoms with Gasteiger partial charge in [0.05, 0.1) is 25.1 Å². The molecule has 6 nitrogen and oxygen atoms in total. The molecule has 2 atom stereocenters. The normalized spacial score (nSPS) is 21.8. The molecule has 1 unspecified atom stereocenters. The number of rotatable bonds is 3. The van der Waals surface area contributed by atoms with Crippen LogP contribution in [-0.4, -0.2) is 26.9 Å². The summed E-state index contributed by atoms with van der Waals surface area (Å²) in [5, 5.41) is 18.8. The number of H-pyrrole nitrogens is 2. The Morgan fingerprint density at radius 1 is 1.54 bits per heavy atom. The highest BCUT2D eigenvalue weighted by molar-refractivity contribution is 7.22. The number of hydrogen-bond donors (Lipinski definition) is 3. The first-order valence-corrected chi connectivity index (χ1v) is 8.84. The third kappa shape index (κ3) is 2.16. The molecule has 0 spiro atoms. The Hall–Kier alpha value is -1.96. The topological polar surface area (TPSA) is 91.0 Å². The van der Waals surface area contributed by atoms with Crippen LogP contribution in [0.5, 0.6) is 0 Å². The van der Waals surface area contributed by atoms with E-state index in [1.165, 1.54) is 11.3 Å². The Bertz CT molecular complexity index is 944. The number of aliphatic hydroxyl groups is 1. The smallest absolute Gasteiger partial charge is 0.266 e. The minimum absolute atomic E-state index is 0.0170. The first kappa shape index (κ1) is 15.6. The van der Waals surface area contributed by atoms with Crippen LogP contribution >= 0.6 is 11.3 Å². The van der Waals surface area contributed by atoms with Crippen LogP contribution in [0.1, 0.15) is 31.5 Å². The van der Waals surface area contributed by atoms with Crippen molar-refractivity contribution < 1.29 is 9.84 Å². The van der Waals surface area contributed by atoms with Gasteiger partial charge in [0.1, 0.15) is 10.3 Å². The second kappa shape index (κ2) is 5.54. The van der Waals surface area contributed by atoms with Crippen molar-refractivity contribution in [3.05, 3.63) is 40.1 Å². The minimum atomic E-state index is -1.16. The number of ether oxygens (including phenoxy) is 1. The van der Waals surface area contributed by atoms with Crippen molar-refractivity contribution in [3.8, 4) is 10.4 Å². The maximum Gasteiger partial charge on any atom is 0.266 e. The van der Waals surface area contributed by atoms with Crippen LogP contribution in [0.3, 0.4) is 0 Å². The molecule has 1 aliphatic heterocycles. The highest BCUT2D eigenvalue weighted by atomic mass is 32.1. The lowest BCUT2D eigenvalue weighted by molar-refractivity contribution is -0.109. The third-order valence-corrected chi connectivity index (χ3v) is 6.20. The van der Waals surface area contributed by atoms with Gasteiger partial charge in [-0.2, -0.15) is 5.10 Å². The molecule has 0 radical (unpaired) electrons. The van der Waals surface area contributed by atoms with E-state index in [2.05, 4.69) is 15.2 Å². The summed E-state index contributed by atoms with van der Waals surface area (Å²) in [5.74, 6) is -0.0170. The van der Waals surface area contributed by atoms with Crippen molar-refractivity contribution in [1.82, 2.24) is 15.2 Å². The number of fused-ring (bicyclic) bond motifs is 3. The molecular weight excluding hydrogens is 326 g/mol. The molecule has 7 heteroatoms. The molecular formula is C17H19N3O3S. The van der Waals surface area contributed by atoms with E-state index in [0.717, 1.165) is 27.8 Å². The molecule has 3 N–H and O–H groups in total. The minimum Gasteiger partial charge on any atom is -0.381 e. The zero-order valence-corrected chi connectivity index (χ0v) is 14.4. The predicted octanol–water partition coefficient (Wildman–Crippen LogP) is 2.74. The number of aromatic amines is 2. The van der Waals surface area contributed by atoms with Crippen LogP contribution < -0.4 is 5.56 Å². The molecule has 24 heavy (non-hydrogen) atoms. The van der Waals surface area contributed by atoms with E-state index in [-0.39, 0.29) is 18.1 Å². The molecule has 4 rings (SSSR count). The van der Waals surface area contributed by atoms with Crippen LogP contribution in [0, 0.1) is 5.92 Å². The number of nitrogens with zero attached hydrogens (tertiary/aromatic N) is 1. The van der Waals surface area contributed by atoms with Crippen LogP contribution in [0.2, 0.25) is 0 Å². The van der Waals surface area contributed by atoms with E-state index in [9.17, 15) is 9.90 Å². The van der Waals surface area contributed by atoms with Gasteiger partial charge in [-0.05, 0) is 12.0 Å². The third-order valence-electron chi connectivity index (χ3n) is 5.02. The van der Waals surface area contributed by atoms with Crippen molar-refractivity contribution >= 4 is 21.4 Å². The molecule has 0 bridgehead atoms. The van der Waals surface area contributed by atoms with Crippen LogP contribution in [0.25, 0.3) is 20.5 Å². The lowest BCUT2D eigenvalue weighted by atomic mass is 9.81. The lowest BCUT2D eigenvalue weighted by Gasteiger charge is -2.38. The van der Waals surface area contributed by atoms with Gasteiger partial charge in [0.15, 0.2) is 0 Å². The van der Waals surface area contributed by atoms with Gasteiger partial charge in [-0.1, -0.05) is 20.3 Å². The summed E-state index contributed by atoms with van der Waals surface area (Å²) in [6.45, 7) is 4.60. The van der Waals surface area contributed by atoms with Crippen molar-refractivity contribution in [3.63, 3.8) is 0 Å². The van der Waals surface area contributed by atoms with Crippen LogP contribution in [0.15, 0.2) is 23.3 Å². The molecule has 0 fully saturated rings. The number of nitrogens with one attached hydrogen (secondary N) is 2. The standard InChI is InChI=1S/C17H19N3O3S/c1-3-9(2)17(22)8-23-7-12-11-4-13(10-5-18-19-6-10)24-14(11)16(21)20-15(12)17/h4-6,9,22H,3,7-8H2,1-2H3,(H,18,19)(H,20,21)/t9?,17-/m1/s1. The molecule has 0 saturated carbocycles. The summed E-state index contributed by atoms with van der Waals surface area (Å²) < 4.78 is 6.35. The fourth-order valence-corrected chi connectivity index (χ4v) is 4.38. The largest absolute Gasteiger partial charge is 0.381 e. The summed E-state index contributed by atoms with van der Waals surface area (Å²) in [7, 11) is 0. The molecule has 126 valence electrons. The molecule has 1 aliphatic rings. The van der Waals surface area contributed by atoms with E-state index in [1.54, 1.807) is 12.4 Å². The van der Waals surface area contributed by atoms with Gasteiger partial charge in [0.25, 0.3) is 5.56 Å². The van der Waals surface area contributed by atoms with Crippen molar-refractivity contribution in [2.75, 3.05) is 6.61 Å².